The van der Waals surface area contributed by atoms with E-state index < -0.39 is 0 Å². The normalized spacial score (nSPS) is 10.8. The van der Waals surface area contributed by atoms with Gasteiger partial charge in [-0.05, 0) is 24.6 Å². The monoisotopic (exact) mass is 305 g/mol. The van der Waals surface area contributed by atoms with Gasteiger partial charge in [-0.15, -0.1) is 0 Å². The third-order valence-electron chi connectivity index (χ3n) is 3.24. The van der Waals surface area contributed by atoms with Crippen LogP contribution in [-0.2, 0) is 6.54 Å². The van der Waals surface area contributed by atoms with Gasteiger partial charge in [-0.25, -0.2) is 9.97 Å². The molecule has 1 N–H and O–H groups in total. The first-order valence-corrected chi connectivity index (χ1v) is 7.30. The highest BCUT2D eigenvalue weighted by atomic mass is 35.5. The summed E-state index contributed by atoms with van der Waals surface area (Å²) in [6.45, 7) is 6.70. The molecule has 4 nitrogen and oxygen atoms in total. The maximum absolute atomic E-state index is 6.18. The molecule has 0 saturated carbocycles. The molecule has 0 unspecified atom stereocenters. The minimum atomic E-state index is 0.240. The summed E-state index contributed by atoms with van der Waals surface area (Å²) in [6, 6.07) is 7.92. The van der Waals surface area contributed by atoms with Crippen molar-refractivity contribution in [2.45, 2.75) is 33.2 Å². The minimum absolute atomic E-state index is 0.240. The third kappa shape index (κ3) is 3.85. The number of methoxy groups -OCH3 is 1. The lowest BCUT2D eigenvalue weighted by atomic mass is 10.2. The minimum Gasteiger partial charge on any atom is -0.497 e. The van der Waals surface area contributed by atoms with E-state index in [9.17, 15) is 0 Å². The molecule has 21 heavy (non-hydrogen) atoms. The summed E-state index contributed by atoms with van der Waals surface area (Å²) in [5.41, 5.74) is 2.02. The molecule has 2 rings (SSSR count). The van der Waals surface area contributed by atoms with Crippen molar-refractivity contribution in [1.82, 2.24) is 9.97 Å². The Hall–Kier alpha value is -1.81. The second kappa shape index (κ2) is 6.76. The maximum atomic E-state index is 6.18. The first-order valence-electron chi connectivity index (χ1n) is 6.92. The van der Waals surface area contributed by atoms with Crippen LogP contribution in [0.4, 0.5) is 5.82 Å². The van der Waals surface area contributed by atoms with Gasteiger partial charge in [0, 0.05) is 18.0 Å². The summed E-state index contributed by atoms with van der Waals surface area (Å²) in [4.78, 5) is 8.86. The standard InChI is InChI=1S/C16H20ClN3O/c1-10(2)15-19-14(17)11(3)16(20-15)18-9-12-5-7-13(21-4)8-6-12/h5-8,10H,9H2,1-4H3,(H,18,19,20). The number of hydrogen-bond donors (Lipinski definition) is 1. The Morgan fingerprint density at radius 1 is 1.19 bits per heavy atom. The first-order chi connectivity index (χ1) is 10.0. The second-order valence-electron chi connectivity index (χ2n) is 5.20. The van der Waals surface area contributed by atoms with Crippen molar-refractivity contribution in [3.8, 4) is 5.75 Å². The molecule has 0 atom stereocenters. The zero-order valence-electron chi connectivity index (χ0n) is 12.8. The van der Waals surface area contributed by atoms with Gasteiger partial charge in [0.15, 0.2) is 0 Å². The van der Waals surface area contributed by atoms with Crippen molar-refractivity contribution in [3.63, 3.8) is 0 Å². The summed E-state index contributed by atoms with van der Waals surface area (Å²) in [5, 5.41) is 3.83. The Labute approximate surface area is 130 Å². The molecule has 0 aliphatic heterocycles. The van der Waals surface area contributed by atoms with E-state index in [1.165, 1.54) is 0 Å². The Morgan fingerprint density at radius 2 is 1.86 bits per heavy atom. The predicted molar refractivity (Wildman–Crippen MR) is 86.2 cm³/mol. The Balaban J connectivity index is 2.15. The van der Waals surface area contributed by atoms with Crippen LogP contribution in [-0.4, -0.2) is 17.1 Å². The fraction of sp³-hybridized carbons (Fsp3) is 0.375. The van der Waals surface area contributed by atoms with E-state index in [-0.39, 0.29) is 5.92 Å². The third-order valence-corrected chi connectivity index (χ3v) is 3.61. The van der Waals surface area contributed by atoms with Gasteiger partial charge in [-0.3, -0.25) is 0 Å². The van der Waals surface area contributed by atoms with Crippen LogP contribution in [0.2, 0.25) is 5.15 Å². The molecular weight excluding hydrogens is 286 g/mol. The van der Waals surface area contributed by atoms with E-state index in [1.54, 1.807) is 7.11 Å². The molecule has 0 radical (unpaired) electrons. The van der Waals surface area contributed by atoms with Crippen LogP contribution in [0.1, 0.15) is 36.7 Å². The Morgan fingerprint density at radius 3 is 2.43 bits per heavy atom. The van der Waals surface area contributed by atoms with Crippen molar-refractivity contribution in [1.29, 1.82) is 0 Å². The molecule has 112 valence electrons. The molecule has 2 aromatic rings. The molecule has 0 amide bonds. The second-order valence-corrected chi connectivity index (χ2v) is 5.56. The van der Waals surface area contributed by atoms with Crippen LogP contribution in [0.3, 0.4) is 0 Å². The van der Waals surface area contributed by atoms with Crippen molar-refractivity contribution >= 4 is 17.4 Å². The van der Waals surface area contributed by atoms with Crippen LogP contribution >= 0.6 is 11.6 Å². The lowest BCUT2D eigenvalue weighted by Crippen LogP contribution is -2.08. The SMILES string of the molecule is COc1ccc(CNc2nc(C(C)C)nc(Cl)c2C)cc1. The van der Waals surface area contributed by atoms with E-state index >= 15 is 0 Å². The van der Waals surface area contributed by atoms with Crippen molar-refractivity contribution < 1.29 is 4.74 Å². The highest BCUT2D eigenvalue weighted by Crippen LogP contribution is 2.23. The lowest BCUT2D eigenvalue weighted by Gasteiger charge is -2.13. The van der Waals surface area contributed by atoms with Gasteiger partial charge in [-0.1, -0.05) is 37.6 Å². The fourth-order valence-corrected chi connectivity index (χ4v) is 2.04. The van der Waals surface area contributed by atoms with Crippen LogP contribution in [0.15, 0.2) is 24.3 Å². The Kier molecular flexibility index (Phi) is 5.02. The molecule has 0 aliphatic carbocycles. The molecule has 0 aliphatic rings. The average Bonchev–Trinajstić information content (AvgIpc) is 2.49. The van der Waals surface area contributed by atoms with E-state index in [2.05, 4.69) is 15.3 Å². The zero-order valence-corrected chi connectivity index (χ0v) is 13.5. The molecule has 0 saturated heterocycles. The zero-order chi connectivity index (χ0) is 15.4. The number of nitrogens with one attached hydrogen (secondary N) is 1. The van der Waals surface area contributed by atoms with Gasteiger partial charge < -0.3 is 10.1 Å². The molecule has 5 heteroatoms. The molecule has 1 aromatic heterocycles. The summed E-state index contributed by atoms with van der Waals surface area (Å²) in [6.07, 6.45) is 0. The highest BCUT2D eigenvalue weighted by molar-refractivity contribution is 6.30. The van der Waals surface area contributed by atoms with Crippen LogP contribution in [0, 0.1) is 6.92 Å². The number of aromatic nitrogens is 2. The average molecular weight is 306 g/mol. The van der Waals surface area contributed by atoms with Crippen LogP contribution < -0.4 is 10.1 Å². The van der Waals surface area contributed by atoms with Crippen molar-refractivity contribution in [2.24, 2.45) is 0 Å². The molecule has 1 aromatic carbocycles. The molecule has 0 fully saturated rings. The van der Waals surface area contributed by atoms with Crippen LogP contribution in [0.25, 0.3) is 0 Å². The van der Waals surface area contributed by atoms with Gasteiger partial charge in [0.25, 0.3) is 0 Å². The molecule has 0 bridgehead atoms. The van der Waals surface area contributed by atoms with Crippen molar-refractivity contribution in [2.75, 3.05) is 12.4 Å². The van der Waals surface area contributed by atoms with Gasteiger partial charge in [0.2, 0.25) is 0 Å². The molecule has 0 spiro atoms. The number of nitrogens with zero attached hydrogens (tertiary/aromatic N) is 2. The van der Waals surface area contributed by atoms with Gasteiger partial charge in [0.1, 0.15) is 22.5 Å². The van der Waals surface area contributed by atoms with E-state index in [4.69, 9.17) is 16.3 Å². The largest absolute Gasteiger partial charge is 0.497 e. The number of rotatable bonds is 5. The lowest BCUT2D eigenvalue weighted by molar-refractivity contribution is 0.414. The van der Waals surface area contributed by atoms with Gasteiger partial charge >= 0.3 is 0 Å². The number of halogens is 1. The Bertz CT molecular complexity index is 612. The predicted octanol–water partition coefficient (Wildman–Crippen LogP) is 4.18. The number of anilines is 1. The number of ether oxygens (including phenoxy) is 1. The summed E-state index contributed by atoms with van der Waals surface area (Å²) in [7, 11) is 1.66. The van der Waals surface area contributed by atoms with Crippen LogP contribution in [0.5, 0.6) is 5.75 Å². The van der Waals surface area contributed by atoms with Gasteiger partial charge in [0.05, 0.1) is 7.11 Å². The summed E-state index contributed by atoms with van der Waals surface area (Å²) < 4.78 is 5.15. The van der Waals surface area contributed by atoms with E-state index in [0.717, 1.165) is 28.5 Å². The topological polar surface area (TPSA) is 47.0 Å². The summed E-state index contributed by atoms with van der Waals surface area (Å²) in [5.74, 6) is 2.63. The molecule has 1 heterocycles. The van der Waals surface area contributed by atoms with E-state index in [1.807, 2.05) is 45.0 Å². The highest BCUT2D eigenvalue weighted by Gasteiger charge is 2.11. The first kappa shape index (κ1) is 15.6. The smallest absolute Gasteiger partial charge is 0.137 e. The van der Waals surface area contributed by atoms with Gasteiger partial charge in [-0.2, -0.15) is 0 Å². The number of hydrogen-bond acceptors (Lipinski definition) is 4. The molecular formula is C16H20ClN3O. The summed E-state index contributed by atoms with van der Waals surface area (Å²) >= 11 is 6.18. The maximum Gasteiger partial charge on any atom is 0.137 e. The van der Waals surface area contributed by atoms with Crippen molar-refractivity contribution in [3.05, 3.63) is 46.4 Å². The van der Waals surface area contributed by atoms with E-state index in [0.29, 0.717) is 11.7 Å². The number of benzene rings is 1. The fourth-order valence-electron chi connectivity index (χ4n) is 1.87. The quantitative estimate of drug-likeness (QED) is 0.842.